The van der Waals surface area contributed by atoms with Crippen molar-refractivity contribution in [3.05, 3.63) is 47.5 Å². The van der Waals surface area contributed by atoms with E-state index in [2.05, 4.69) is 70.7 Å². The molecule has 0 unspecified atom stereocenters. The fraction of sp³-hybridized carbons (Fsp3) is 0.250. The molecule has 0 aliphatic rings. The zero-order valence-corrected chi connectivity index (χ0v) is 12.3. The van der Waals surface area contributed by atoms with Crippen LogP contribution in [-0.2, 0) is 6.54 Å². The molecule has 0 aliphatic heterocycles. The molecule has 0 fully saturated rings. The minimum Gasteiger partial charge on any atom is -0.340 e. The van der Waals surface area contributed by atoms with E-state index in [9.17, 15) is 0 Å². The topological polar surface area (TPSA) is 4.93 Å². The first-order valence-corrected chi connectivity index (χ1v) is 7.38. The molecule has 3 rings (SSSR count). The van der Waals surface area contributed by atoms with E-state index in [0.717, 1.165) is 11.9 Å². The highest BCUT2D eigenvalue weighted by molar-refractivity contribution is 9.09. The third-order valence-corrected chi connectivity index (χ3v) is 3.84. The Balaban J connectivity index is 2.48. The summed E-state index contributed by atoms with van der Waals surface area (Å²) >= 11 is 3.56. The van der Waals surface area contributed by atoms with Crippen LogP contribution in [0.4, 0.5) is 0 Å². The number of hydrogen-bond donors (Lipinski definition) is 0. The zero-order chi connectivity index (χ0) is 12.7. The Labute approximate surface area is 116 Å². The molecule has 92 valence electrons. The first kappa shape index (κ1) is 11.8. The summed E-state index contributed by atoms with van der Waals surface area (Å²) in [4.78, 5) is 0. The van der Waals surface area contributed by atoms with Gasteiger partial charge in [0.1, 0.15) is 0 Å². The van der Waals surface area contributed by atoms with Crippen LogP contribution >= 0.6 is 15.9 Å². The highest BCUT2D eigenvalue weighted by Crippen LogP contribution is 2.30. The van der Waals surface area contributed by atoms with Gasteiger partial charge in [-0.3, -0.25) is 0 Å². The lowest BCUT2D eigenvalue weighted by molar-refractivity contribution is 0.842. The SMILES string of the molecule is Cc1ccc2c3ccc(C)cc3n(CCBr)c2c1. The lowest BCUT2D eigenvalue weighted by Crippen LogP contribution is -1.98. The number of nitrogens with zero attached hydrogens (tertiary/aromatic N) is 1. The molecule has 0 N–H and O–H groups in total. The van der Waals surface area contributed by atoms with E-state index in [0.29, 0.717) is 0 Å². The molecule has 0 saturated heterocycles. The molecular weight excluding hydrogens is 286 g/mol. The summed E-state index contributed by atoms with van der Waals surface area (Å²) in [5.41, 5.74) is 5.32. The van der Waals surface area contributed by atoms with Crippen molar-refractivity contribution < 1.29 is 0 Å². The molecule has 0 amide bonds. The van der Waals surface area contributed by atoms with Gasteiger partial charge in [0.25, 0.3) is 0 Å². The van der Waals surface area contributed by atoms with Gasteiger partial charge in [0, 0.05) is 33.7 Å². The average molecular weight is 302 g/mol. The van der Waals surface area contributed by atoms with Crippen LogP contribution in [0.1, 0.15) is 11.1 Å². The molecular formula is C16H16BrN. The van der Waals surface area contributed by atoms with E-state index < -0.39 is 0 Å². The van der Waals surface area contributed by atoms with Crippen LogP contribution in [0.25, 0.3) is 21.8 Å². The van der Waals surface area contributed by atoms with Crippen molar-refractivity contribution in [3.63, 3.8) is 0 Å². The summed E-state index contributed by atoms with van der Waals surface area (Å²) in [5, 5.41) is 3.70. The quantitative estimate of drug-likeness (QED) is 0.599. The molecule has 2 heteroatoms. The number of halogens is 1. The predicted octanol–water partition coefficient (Wildman–Crippen LogP) is 4.81. The molecule has 0 aliphatic carbocycles. The van der Waals surface area contributed by atoms with Gasteiger partial charge in [-0.15, -0.1) is 0 Å². The fourth-order valence-corrected chi connectivity index (χ4v) is 3.00. The van der Waals surface area contributed by atoms with Crippen molar-refractivity contribution in [2.75, 3.05) is 5.33 Å². The van der Waals surface area contributed by atoms with E-state index >= 15 is 0 Å². The number of aromatic nitrogens is 1. The van der Waals surface area contributed by atoms with Gasteiger partial charge in [0.15, 0.2) is 0 Å². The van der Waals surface area contributed by atoms with Crippen molar-refractivity contribution in [2.24, 2.45) is 0 Å². The lowest BCUT2D eigenvalue weighted by atomic mass is 10.1. The van der Waals surface area contributed by atoms with Gasteiger partial charge in [-0.1, -0.05) is 40.2 Å². The van der Waals surface area contributed by atoms with E-state index in [1.165, 1.54) is 32.9 Å². The maximum atomic E-state index is 3.56. The normalized spacial score (nSPS) is 11.5. The molecule has 1 heterocycles. The van der Waals surface area contributed by atoms with Crippen molar-refractivity contribution in [1.29, 1.82) is 0 Å². The molecule has 18 heavy (non-hydrogen) atoms. The molecule has 0 saturated carbocycles. The maximum Gasteiger partial charge on any atom is 0.0494 e. The molecule has 1 aromatic heterocycles. The van der Waals surface area contributed by atoms with Crippen LogP contribution in [0.2, 0.25) is 0 Å². The minimum atomic E-state index is 0.980. The molecule has 3 aromatic rings. The summed E-state index contributed by atoms with van der Waals surface area (Å²) in [6.45, 7) is 5.31. The first-order valence-electron chi connectivity index (χ1n) is 6.26. The van der Waals surface area contributed by atoms with Gasteiger partial charge in [-0.25, -0.2) is 0 Å². The molecule has 2 aromatic carbocycles. The Bertz CT molecular complexity index is 665. The van der Waals surface area contributed by atoms with Crippen LogP contribution < -0.4 is 0 Å². The van der Waals surface area contributed by atoms with E-state index in [1.54, 1.807) is 0 Å². The monoisotopic (exact) mass is 301 g/mol. The Morgan fingerprint density at radius 1 is 0.889 bits per heavy atom. The number of alkyl halides is 1. The second-order valence-corrected chi connectivity index (χ2v) is 5.67. The molecule has 0 radical (unpaired) electrons. The van der Waals surface area contributed by atoms with Gasteiger partial charge in [-0.2, -0.15) is 0 Å². The summed E-state index contributed by atoms with van der Waals surface area (Å²) in [5.74, 6) is 0. The third-order valence-electron chi connectivity index (χ3n) is 3.49. The van der Waals surface area contributed by atoms with Crippen molar-refractivity contribution in [2.45, 2.75) is 20.4 Å². The standard InChI is InChI=1S/C16H16BrN/c1-11-3-5-13-14-6-4-12(2)10-16(14)18(8-7-17)15(13)9-11/h3-6,9-10H,7-8H2,1-2H3. The number of rotatable bonds is 2. The molecule has 0 bridgehead atoms. The highest BCUT2D eigenvalue weighted by Gasteiger charge is 2.10. The first-order chi connectivity index (χ1) is 8.70. The number of benzene rings is 2. The average Bonchev–Trinajstić information content (AvgIpc) is 2.63. The molecule has 0 spiro atoms. The van der Waals surface area contributed by atoms with E-state index in [1.807, 2.05) is 0 Å². The highest BCUT2D eigenvalue weighted by atomic mass is 79.9. The largest absolute Gasteiger partial charge is 0.340 e. The van der Waals surface area contributed by atoms with Crippen LogP contribution in [0.5, 0.6) is 0 Å². The van der Waals surface area contributed by atoms with Crippen LogP contribution in [0, 0.1) is 13.8 Å². The van der Waals surface area contributed by atoms with Crippen molar-refractivity contribution in [3.8, 4) is 0 Å². The Kier molecular flexibility index (Phi) is 2.90. The molecule has 0 atom stereocenters. The Morgan fingerprint density at radius 3 is 1.83 bits per heavy atom. The van der Waals surface area contributed by atoms with Gasteiger partial charge < -0.3 is 4.57 Å². The number of aryl methyl sites for hydroxylation is 3. The van der Waals surface area contributed by atoms with Gasteiger partial charge in [0.2, 0.25) is 0 Å². The molecule has 1 nitrogen and oxygen atoms in total. The lowest BCUT2D eigenvalue weighted by Gasteiger charge is -2.05. The van der Waals surface area contributed by atoms with Gasteiger partial charge in [-0.05, 0) is 37.1 Å². The van der Waals surface area contributed by atoms with Crippen LogP contribution in [0.3, 0.4) is 0 Å². The van der Waals surface area contributed by atoms with Crippen LogP contribution in [0.15, 0.2) is 36.4 Å². The van der Waals surface area contributed by atoms with Gasteiger partial charge >= 0.3 is 0 Å². The zero-order valence-electron chi connectivity index (χ0n) is 10.7. The van der Waals surface area contributed by atoms with Crippen molar-refractivity contribution in [1.82, 2.24) is 4.57 Å². The second-order valence-electron chi connectivity index (χ2n) is 4.88. The van der Waals surface area contributed by atoms with Crippen molar-refractivity contribution >= 4 is 37.7 Å². The predicted molar refractivity (Wildman–Crippen MR) is 82.7 cm³/mol. The fourth-order valence-electron chi connectivity index (χ4n) is 2.64. The maximum absolute atomic E-state index is 3.56. The van der Waals surface area contributed by atoms with E-state index in [-0.39, 0.29) is 0 Å². The Hall–Kier alpha value is -1.28. The summed E-state index contributed by atoms with van der Waals surface area (Å²) in [6.07, 6.45) is 0. The third kappa shape index (κ3) is 1.76. The Morgan fingerprint density at radius 2 is 1.39 bits per heavy atom. The summed E-state index contributed by atoms with van der Waals surface area (Å²) in [7, 11) is 0. The minimum absolute atomic E-state index is 0.980. The number of hydrogen-bond acceptors (Lipinski definition) is 0. The van der Waals surface area contributed by atoms with E-state index in [4.69, 9.17) is 0 Å². The smallest absolute Gasteiger partial charge is 0.0494 e. The number of fused-ring (bicyclic) bond motifs is 3. The summed E-state index contributed by atoms with van der Waals surface area (Å²) in [6, 6.07) is 13.4. The van der Waals surface area contributed by atoms with Gasteiger partial charge in [0.05, 0.1) is 0 Å². The summed E-state index contributed by atoms with van der Waals surface area (Å²) < 4.78 is 2.42. The second kappa shape index (κ2) is 4.43. The van der Waals surface area contributed by atoms with Crippen LogP contribution in [-0.4, -0.2) is 9.90 Å².